The lowest BCUT2D eigenvalue weighted by molar-refractivity contribution is -0.141. The van der Waals surface area contributed by atoms with E-state index in [2.05, 4.69) is 20.1 Å². The summed E-state index contributed by atoms with van der Waals surface area (Å²) in [5, 5.41) is 22.7. The standard InChI is InChI=1S/C28H55N8O9PS2/c1-44-46(42,43)45-16-8-4-2-3-5-10-20(37)14-17-47-19-48-18-23(27(40)41)36-26(39)22(12-6-7-13-24(30)31)35-25(38)21(29)11-9-15-34-28(32)33/h21-23H,2-19,29H2,1H3,(H3,30,31)(H,35,38)(H,36,39)(H,40,41)(H,42,43)(H4,32,33,34)/t21-,22-,23-/m0/s1. The molecule has 0 aliphatic rings. The molecule has 0 saturated carbocycles. The minimum atomic E-state index is -3.93. The van der Waals surface area contributed by atoms with Gasteiger partial charge in [-0.2, -0.15) is 11.8 Å². The van der Waals surface area contributed by atoms with Crippen molar-refractivity contribution in [3.8, 4) is 0 Å². The molecule has 20 heteroatoms. The van der Waals surface area contributed by atoms with Gasteiger partial charge in [-0.05, 0) is 38.5 Å². The van der Waals surface area contributed by atoms with Gasteiger partial charge in [0.1, 0.15) is 17.9 Å². The Kier molecular flexibility index (Phi) is 26.0. The number of hydrogen-bond donors (Lipinski definition) is 9. The quantitative estimate of drug-likeness (QED) is 0.0159. The highest BCUT2D eigenvalue weighted by Gasteiger charge is 2.28. The number of ketones is 1. The number of carboxylic acid groups (broad SMARTS) is 1. The highest BCUT2D eigenvalue weighted by Crippen LogP contribution is 2.41. The van der Waals surface area contributed by atoms with Crippen molar-refractivity contribution >= 4 is 66.7 Å². The lowest BCUT2D eigenvalue weighted by atomic mass is 10.1. The van der Waals surface area contributed by atoms with E-state index >= 15 is 0 Å². The molecule has 0 heterocycles. The van der Waals surface area contributed by atoms with Crippen LogP contribution >= 0.6 is 31.3 Å². The summed E-state index contributed by atoms with van der Waals surface area (Å²) in [5.41, 5.74) is 22.0. The molecule has 17 nitrogen and oxygen atoms in total. The largest absolute Gasteiger partial charge is 0.480 e. The molecule has 2 amide bonds. The molecule has 0 spiro atoms. The monoisotopic (exact) mass is 742 g/mol. The maximum Gasteiger partial charge on any atom is 0.471 e. The van der Waals surface area contributed by atoms with E-state index < -0.39 is 43.7 Å². The average Bonchev–Trinajstić information content (AvgIpc) is 3.02. The zero-order valence-corrected chi connectivity index (χ0v) is 30.3. The first-order valence-electron chi connectivity index (χ1n) is 15.9. The first-order chi connectivity index (χ1) is 22.7. The van der Waals surface area contributed by atoms with E-state index in [4.69, 9.17) is 37.8 Å². The van der Waals surface area contributed by atoms with E-state index in [-0.39, 0.29) is 42.8 Å². The number of phosphoric ester groups is 1. The van der Waals surface area contributed by atoms with Gasteiger partial charge in [0.2, 0.25) is 11.8 Å². The van der Waals surface area contributed by atoms with Crippen molar-refractivity contribution in [1.29, 1.82) is 5.41 Å². The van der Waals surface area contributed by atoms with Gasteiger partial charge in [0.25, 0.3) is 0 Å². The second kappa shape index (κ2) is 27.4. The van der Waals surface area contributed by atoms with Gasteiger partial charge in [0, 0.05) is 49.5 Å². The Bertz CT molecular complexity index is 1070. The minimum absolute atomic E-state index is 0.00523. The van der Waals surface area contributed by atoms with E-state index in [1.807, 2.05) is 0 Å². The zero-order valence-electron chi connectivity index (χ0n) is 27.7. The van der Waals surface area contributed by atoms with Gasteiger partial charge in [-0.3, -0.25) is 33.8 Å². The van der Waals surface area contributed by atoms with Crippen molar-refractivity contribution in [3.63, 3.8) is 0 Å². The summed E-state index contributed by atoms with van der Waals surface area (Å²) in [6.45, 7) is 0.427. The lowest BCUT2D eigenvalue weighted by Crippen LogP contribution is -2.55. The van der Waals surface area contributed by atoms with Crippen LogP contribution in [0.25, 0.3) is 0 Å². The third-order valence-corrected chi connectivity index (χ3v) is 10.2. The fraction of sp³-hybridized carbons (Fsp3) is 0.786. The molecule has 0 saturated heterocycles. The molecule has 0 bridgehead atoms. The number of phosphoric acid groups is 1. The summed E-state index contributed by atoms with van der Waals surface area (Å²) in [6, 6.07) is -3.16. The maximum absolute atomic E-state index is 13.1. The number of aliphatic imine (C=N–C) groups is 1. The van der Waals surface area contributed by atoms with Gasteiger partial charge >= 0.3 is 13.8 Å². The normalized spacial score (nSPS) is 14.2. The Labute approximate surface area is 291 Å². The molecule has 0 aromatic carbocycles. The highest BCUT2D eigenvalue weighted by atomic mass is 32.2. The highest BCUT2D eigenvalue weighted by molar-refractivity contribution is 8.16. The average molecular weight is 743 g/mol. The van der Waals surface area contributed by atoms with Gasteiger partial charge in [0.05, 0.1) is 18.5 Å². The molecule has 0 radical (unpaired) electrons. The number of Topliss-reactive ketones (excluding diaryl/α,β-unsaturated/α-hetero) is 1. The van der Waals surface area contributed by atoms with E-state index in [1.165, 1.54) is 23.5 Å². The number of unbranched alkanes of at least 4 members (excludes halogenated alkanes) is 5. The second-order valence-corrected chi connectivity index (χ2v) is 15.0. The third kappa shape index (κ3) is 25.6. The SMILES string of the molecule is COP(=O)(O)OCCCCCCCC(=O)CCSCSC[C@H](NC(=O)[C@H](CCCCC(=N)N)NC(=O)[C@@H](N)CCCN=C(N)N)C(=O)O. The van der Waals surface area contributed by atoms with Crippen LogP contribution in [-0.2, 0) is 32.8 Å². The number of carboxylic acids is 1. The summed E-state index contributed by atoms with van der Waals surface area (Å²) in [5.74, 6) is -1.67. The number of amides is 2. The number of aliphatic carboxylic acids is 1. The van der Waals surface area contributed by atoms with Gasteiger partial charge in [-0.15, -0.1) is 11.8 Å². The summed E-state index contributed by atoms with van der Waals surface area (Å²) in [6.07, 6.45) is 7.05. The van der Waals surface area contributed by atoms with Gasteiger partial charge in [-0.1, -0.05) is 25.7 Å². The molecule has 48 heavy (non-hydrogen) atoms. The first-order valence-corrected chi connectivity index (χ1v) is 19.7. The van der Waals surface area contributed by atoms with Crippen molar-refractivity contribution < 1.29 is 42.8 Å². The molecule has 0 fully saturated rings. The van der Waals surface area contributed by atoms with Crippen LogP contribution in [0.2, 0.25) is 0 Å². The molecule has 0 aromatic rings. The van der Waals surface area contributed by atoms with Crippen LogP contribution < -0.4 is 33.6 Å². The first kappa shape index (κ1) is 45.6. The van der Waals surface area contributed by atoms with Crippen LogP contribution in [0.5, 0.6) is 0 Å². The van der Waals surface area contributed by atoms with Crippen LogP contribution in [0.4, 0.5) is 0 Å². The van der Waals surface area contributed by atoms with E-state index in [1.54, 1.807) is 0 Å². The van der Waals surface area contributed by atoms with Crippen molar-refractivity contribution in [2.75, 3.05) is 36.9 Å². The van der Waals surface area contributed by atoms with Gasteiger partial charge < -0.3 is 43.6 Å². The van der Waals surface area contributed by atoms with Crippen molar-refractivity contribution in [2.24, 2.45) is 27.9 Å². The van der Waals surface area contributed by atoms with Crippen molar-refractivity contribution in [2.45, 2.75) is 102 Å². The number of nitrogens with two attached hydrogens (primary N) is 4. The van der Waals surface area contributed by atoms with Gasteiger partial charge in [0.15, 0.2) is 5.96 Å². The second-order valence-electron chi connectivity index (χ2n) is 11.0. The number of hydrogen-bond acceptors (Lipinski definition) is 12. The molecule has 4 atom stereocenters. The van der Waals surface area contributed by atoms with E-state index in [9.17, 15) is 28.8 Å². The molecular formula is C28H55N8O9PS2. The summed E-state index contributed by atoms with van der Waals surface area (Å²) in [4.78, 5) is 62.8. The Balaban J connectivity index is 4.55. The number of nitrogens with zero attached hydrogens (tertiary/aromatic N) is 1. The molecule has 278 valence electrons. The Hall–Kier alpha value is -2.41. The van der Waals surface area contributed by atoms with Crippen LogP contribution in [0.1, 0.15) is 83.5 Å². The smallest absolute Gasteiger partial charge is 0.471 e. The van der Waals surface area contributed by atoms with Crippen LogP contribution in [0, 0.1) is 5.41 Å². The maximum atomic E-state index is 13.1. The summed E-state index contributed by atoms with van der Waals surface area (Å²) >= 11 is 2.82. The van der Waals surface area contributed by atoms with Gasteiger partial charge in [-0.25, -0.2) is 9.36 Å². The molecule has 0 aromatic heterocycles. The van der Waals surface area contributed by atoms with Crippen LogP contribution in [0.15, 0.2) is 4.99 Å². The molecule has 0 aliphatic carbocycles. The Morgan fingerprint density at radius 1 is 0.875 bits per heavy atom. The summed E-state index contributed by atoms with van der Waals surface area (Å²) in [7, 11) is -2.82. The van der Waals surface area contributed by atoms with Crippen LogP contribution in [0.3, 0.4) is 0 Å². The lowest BCUT2D eigenvalue weighted by Gasteiger charge is -2.23. The third-order valence-electron chi connectivity index (χ3n) is 6.80. The molecule has 13 N–H and O–H groups in total. The van der Waals surface area contributed by atoms with E-state index in [0.717, 1.165) is 32.8 Å². The van der Waals surface area contributed by atoms with Crippen molar-refractivity contribution in [1.82, 2.24) is 10.6 Å². The zero-order chi connectivity index (χ0) is 36.4. The number of carbonyl (C=O) groups is 4. The van der Waals surface area contributed by atoms with Crippen LogP contribution in [-0.4, -0.2) is 100 Å². The fourth-order valence-corrected chi connectivity index (χ4v) is 6.72. The fourth-order valence-electron chi connectivity index (χ4n) is 4.09. The predicted octanol–water partition coefficient (Wildman–Crippen LogP) is 1.40. The number of rotatable bonds is 31. The number of amidine groups is 1. The Morgan fingerprint density at radius 3 is 2.17 bits per heavy atom. The minimum Gasteiger partial charge on any atom is -0.480 e. The molecular weight excluding hydrogens is 687 g/mol. The van der Waals surface area contributed by atoms with E-state index in [0.29, 0.717) is 62.3 Å². The molecule has 1 unspecified atom stereocenters. The number of guanidine groups is 1. The summed E-state index contributed by atoms with van der Waals surface area (Å²) < 4.78 is 20.3. The number of nitrogens with one attached hydrogen (secondary N) is 3. The molecule has 0 rings (SSSR count). The number of carbonyl (C=O) groups excluding carboxylic acids is 3. The van der Waals surface area contributed by atoms with Crippen molar-refractivity contribution in [3.05, 3.63) is 0 Å². The Morgan fingerprint density at radius 2 is 1.52 bits per heavy atom. The molecule has 0 aliphatic heterocycles. The predicted molar refractivity (Wildman–Crippen MR) is 190 cm³/mol. The number of thioether (sulfide) groups is 2. The topological polar surface area (TPSA) is 309 Å².